The van der Waals surface area contributed by atoms with Gasteiger partial charge in [-0.1, -0.05) is 19.8 Å². The molecule has 0 spiro atoms. The Morgan fingerprint density at radius 1 is 1.23 bits per heavy atom. The first-order chi connectivity index (χ1) is 12.4. The lowest BCUT2D eigenvalue weighted by atomic mass is 10.2. The van der Waals surface area contributed by atoms with E-state index in [-0.39, 0.29) is 30.4 Å². The number of carbonyl (C=O) groups excluding carboxylic acids is 2. The molecule has 1 heterocycles. The minimum atomic E-state index is -3.40. The standard InChI is InChI=1S/C17H23N3O5S/c1-3-5-6-11-26(23,24)19-13-7-9-14(10-8-13)20-16(21)12-15(18-20)17(22)25-4-2/h7-10,19H,3-6,11-12H2,1-2H3. The summed E-state index contributed by atoms with van der Waals surface area (Å²) in [4.78, 5) is 23.7. The van der Waals surface area contributed by atoms with E-state index in [2.05, 4.69) is 9.82 Å². The molecule has 8 nitrogen and oxygen atoms in total. The number of nitrogens with zero attached hydrogens (tertiary/aromatic N) is 2. The summed E-state index contributed by atoms with van der Waals surface area (Å²) < 4.78 is 31.4. The zero-order chi connectivity index (χ0) is 19.2. The number of benzene rings is 1. The van der Waals surface area contributed by atoms with Gasteiger partial charge in [-0.05, 0) is 37.6 Å². The second-order valence-corrected chi connectivity index (χ2v) is 7.67. The van der Waals surface area contributed by atoms with E-state index in [1.807, 2.05) is 6.92 Å². The number of nitrogens with one attached hydrogen (secondary N) is 1. The molecule has 1 aromatic carbocycles. The van der Waals surface area contributed by atoms with Crippen LogP contribution in [0.1, 0.15) is 39.5 Å². The predicted octanol–water partition coefficient (Wildman–Crippen LogP) is 2.27. The van der Waals surface area contributed by atoms with Crippen molar-refractivity contribution in [2.24, 2.45) is 5.10 Å². The lowest BCUT2D eigenvalue weighted by Crippen LogP contribution is -2.20. The van der Waals surface area contributed by atoms with Crippen molar-refractivity contribution in [3.8, 4) is 0 Å². The van der Waals surface area contributed by atoms with E-state index < -0.39 is 16.0 Å². The maximum absolute atomic E-state index is 12.0. The number of carbonyl (C=O) groups is 2. The third kappa shape index (κ3) is 5.29. The summed E-state index contributed by atoms with van der Waals surface area (Å²) in [6.45, 7) is 3.89. The van der Waals surface area contributed by atoms with Gasteiger partial charge in [0, 0.05) is 5.69 Å². The maximum atomic E-state index is 12.0. The molecule has 0 saturated heterocycles. The second-order valence-electron chi connectivity index (χ2n) is 5.82. The summed E-state index contributed by atoms with van der Waals surface area (Å²) in [7, 11) is -3.40. The average molecular weight is 381 g/mol. The smallest absolute Gasteiger partial charge is 0.355 e. The monoisotopic (exact) mass is 381 g/mol. The Hall–Kier alpha value is -2.42. The van der Waals surface area contributed by atoms with Crippen LogP contribution in [-0.4, -0.2) is 38.4 Å². The first-order valence-corrected chi connectivity index (χ1v) is 10.2. The third-order valence-electron chi connectivity index (χ3n) is 3.69. The highest BCUT2D eigenvalue weighted by molar-refractivity contribution is 7.92. The molecule has 0 aliphatic carbocycles. The van der Waals surface area contributed by atoms with Crippen LogP contribution < -0.4 is 9.73 Å². The molecule has 0 bridgehead atoms. The molecule has 0 unspecified atom stereocenters. The van der Waals surface area contributed by atoms with Gasteiger partial charge in [-0.25, -0.2) is 13.2 Å². The van der Waals surface area contributed by atoms with Gasteiger partial charge in [0.05, 0.1) is 24.5 Å². The van der Waals surface area contributed by atoms with Gasteiger partial charge >= 0.3 is 5.97 Å². The molecule has 9 heteroatoms. The summed E-state index contributed by atoms with van der Waals surface area (Å²) in [5, 5.41) is 5.12. The lowest BCUT2D eigenvalue weighted by molar-refractivity contribution is -0.135. The molecule has 0 atom stereocenters. The molecule has 142 valence electrons. The number of hydrazone groups is 1. The van der Waals surface area contributed by atoms with Crippen LogP contribution in [0, 0.1) is 0 Å². The summed E-state index contributed by atoms with van der Waals surface area (Å²) in [6, 6.07) is 6.24. The Kier molecular flexibility index (Phi) is 6.73. The lowest BCUT2D eigenvalue weighted by Gasteiger charge is -2.13. The molecule has 0 aromatic heterocycles. The van der Waals surface area contributed by atoms with Crippen molar-refractivity contribution < 1.29 is 22.7 Å². The van der Waals surface area contributed by atoms with E-state index in [0.29, 0.717) is 17.8 Å². The minimum absolute atomic E-state index is 0.0533. The first-order valence-electron chi connectivity index (χ1n) is 8.54. The van der Waals surface area contributed by atoms with Gasteiger partial charge in [0.15, 0.2) is 5.71 Å². The van der Waals surface area contributed by atoms with E-state index in [4.69, 9.17) is 4.74 Å². The van der Waals surface area contributed by atoms with E-state index >= 15 is 0 Å². The number of amides is 1. The molecule has 1 aromatic rings. The van der Waals surface area contributed by atoms with Crippen molar-refractivity contribution in [3.63, 3.8) is 0 Å². The van der Waals surface area contributed by atoms with Crippen LogP contribution in [0.5, 0.6) is 0 Å². The van der Waals surface area contributed by atoms with E-state index in [9.17, 15) is 18.0 Å². The number of anilines is 2. The number of ether oxygens (including phenoxy) is 1. The fourth-order valence-electron chi connectivity index (χ4n) is 2.40. The number of esters is 1. The number of hydrogen-bond acceptors (Lipinski definition) is 6. The first kappa shape index (κ1) is 19.9. The van der Waals surface area contributed by atoms with Crippen molar-refractivity contribution in [1.82, 2.24) is 0 Å². The molecule has 2 rings (SSSR count). The summed E-state index contributed by atoms with van der Waals surface area (Å²) >= 11 is 0. The van der Waals surface area contributed by atoms with Crippen LogP contribution in [0.4, 0.5) is 11.4 Å². The molecular formula is C17H23N3O5S. The van der Waals surface area contributed by atoms with Gasteiger partial charge in [-0.2, -0.15) is 10.1 Å². The summed E-state index contributed by atoms with van der Waals surface area (Å²) in [6.07, 6.45) is 2.29. The molecular weight excluding hydrogens is 358 g/mol. The third-order valence-corrected chi connectivity index (χ3v) is 5.06. The quantitative estimate of drug-likeness (QED) is 0.522. The summed E-state index contributed by atoms with van der Waals surface area (Å²) in [5.74, 6) is -0.888. The van der Waals surface area contributed by atoms with Crippen LogP contribution in [-0.2, 0) is 24.3 Å². The molecule has 26 heavy (non-hydrogen) atoms. The highest BCUT2D eigenvalue weighted by Crippen LogP contribution is 2.23. The van der Waals surface area contributed by atoms with Crippen molar-refractivity contribution >= 4 is 39.0 Å². The van der Waals surface area contributed by atoms with Crippen molar-refractivity contribution in [2.45, 2.75) is 39.5 Å². The van der Waals surface area contributed by atoms with Gasteiger partial charge in [0.25, 0.3) is 5.91 Å². The second kappa shape index (κ2) is 8.79. The number of unbranched alkanes of at least 4 members (excludes halogenated alkanes) is 2. The molecule has 1 aliphatic rings. The molecule has 1 N–H and O–H groups in total. The Morgan fingerprint density at radius 2 is 1.92 bits per heavy atom. The van der Waals surface area contributed by atoms with Crippen LogP contribution in [0.15, 0.2) is 29.4 Å². The Bertz CT molecular complexity index is 787. The Morgan fingerprint density at radius 3 is 2.54 bits per heavy atom. The van der Waals surface area contributed by atoms with Gasteiger partial charge < -0.3 is 4.74 Å². The molecule has 1 aliphatic heterocycles. The Labute approximate surface area is 153 Å². The summed E-state index contributed by atoms with van der Waals surface area (Å²) in [5.41, 5.74) is 0.910. The van der Waals surface area contributed by atoms with E-state index in [1.54, 1.807) is 31.2 Å². The minimum Gasteiger partial charge on any atom is -0.461 e. The number of hydrogen-bond donors (Lipinski definition) is 1. The largest absolute Gasteiger partial charge is 0.461 e. The maximum Gasteiger partial charge on any atom is 0.355 e. The van der Waals surface area contributed by atoms with Crippen molar-refractivity contribution in [2.75, 3.05) is 22.1 Å². The van der Waals surface area contributed by atoms with Crippen LogP contribution >= 0.6 is 0 Å². The zero-order valence-electron chi connectivity index (χ0n) is 14.9. The average Bonchev–Trinajstić information content (AvgIpc) is 2.97. The van der Waals surface area contributed by atoms with Gasteiger partial charge in [-0.15, -0.1) is 0 Å². The van der Waals surface area contributed by atoms with Crippen LogP contribution in [0.3, 0.4) is 0 Å². The zero-order valence-corrected chi connectivity index (χ0v) is 15.7. The number of sulfonamides is 1. The molecule has 1 amide bonds. The fraction of sp³-hybridized carbons (Fsp3) is 0.471. The van der Waals surface area contributed by atoms with Crippen molar-refractivity contribution in [1.29, 1.82) is 0 Å². The highest BCUT2D eigenvalue weighted by atomic mass is 32.2. The Balaban J connectivity index is 2.05. The predicted molar refractivity (Wildman–Crippen MR) is 99.5 cm³/mol. The van der Waals surface area contributed by atoms with Crippen LogP contribution in [0.2, 0.25) is 0 Å². The molecule has 0 saturated carbocycles. The van der Waals surface area contributed by atoms with E-state index in [0.717, 1.165) is 17.9 Å². The van der Waals surface area contributed by atoms with Gasteiger partial charge in [0.1, 0.15) is 0 Å². The topological polar surface area (TPSA) is 105 Å². The fourth-order valence-corrected chi connectivity index (χ4v) is 3.58. The normalized spacial score (nSPS) is 14.3. The van der Waals surface area contributed by atoms with E-state index in [1.165, 1.54) is 0 Å². The highest BCUT2D eigenvalue weighted by Gasteiger charge is 2.30. The molecule has 0 fully saturated rings. The molecule has 0 radical (unpaired) electrons. The van der Waals surface area contributed by atoms with Crippen molar-refractivity contribution in [3.05, 3.63) is 24.3 Å². The SMILES string of the molecule is CCCCCS(=O)(=O)Nc1ccc(N2N=C(C(=O)OCC)CC2=O)cc1. The number of rotatable bonds is 9. The van der Waals surface area contributed by atoms with Gasteiger partial charge in [0.2, 0.25) is 10.0 Å². The van der Waals surface area contributed by atoms with Crippen LogP contribution in [0.25, 0.3) is 0 Å². The van der Waals surface area contributed by atoms with Gasteiger partial charge in [-0.3, -0.25) is 9.52 Å².